The number of para-hydroxylation sites is 2. The molecule has 0 fully saturated rings. The van der Waals surface area contributed by atoms with Crippen molar-refractivity contribution in [1.29, 1.82) is 0 Å². The topological polar surface area (TPSA) is 49.4 Å². The van der Waals surface area contributed by atoms with Crippen molar-refractivity contribution in [2.75, 3.05) is 10.2 Å². The number of halogens is 2. The number of ketones is 1. The zero-order chi connectivity index (χ0) is 19.8. The lowest BCUT2D eigenvalue weighted by Gasteiger charge is -2.34. The summed E-state index contributed by atoms with van der Waals surface area (Å²) in [6.07, 6.45) is 2.32. The minimum Gasteiger partial charge on any atom is -0.357 e. The summed E-state index contributed by atoms with van der Waals surface area (Å²) in [5, 5.41) is 4.38. The molecule has 6 heteroatoms. The van der Waals surface area contributed by atoms with Crippen molar-refractivity contribution in [2.45, 2.75) is 38.6 Å². The fourth-order valence-electron chi connectivity index (χ4n) is 4.00. The maximum absolute atomic E-state index is 13.1. The molecule has 0 saturated carbocycles. The largest absolute Gasteiger partial charge is 0.357 e. The van der Waals surface area contributed by atoms with Gasteiger partial charge in [-0.1, -0.05) is 48.3 Å². The molecule has 144 valence electrons. The number of hydrogen-bond donors (Lipinski definition) is 1. The summed E-state index contributed by atoms with van der Waals surface area (Å²) in [7, 11) is 0. The molecule has 1 amide bonds. The number of nitrogens with zero attached hydrogens (tertiary/aromatic N) is 1. The van der Waals surface area contributed by atoms with Gasteiger partial charge in [0.05, 0.1) is 17.4 Å². The van der Waals surface area contributed by atoms with Crippen molar-refractivity contribution in [3.05, 3.63) is 69.3 Å². The standard InChI is InChI=1S/C22H20Cl2N2O2/c1-2-20(28)26-18-8-4-3-6-16(18)25-17-7-5-9-19(27)21(17)22(26)14-11-10-13(23)12-15(14)24/h3-4,6,8,10-12,22,25H,2,5,7,9H2,1H3. The first-order valence-electron chi connectivity index (χ1n) is 9.40. The number of carbonyl (C=O) groups is 2. The monoisotopic (exact) mass is 414 g/mol. The zero-order valence-electron chi connectivity index (χ0n) is 15.5. The van der Waals surface area contributed by atoms with Crippen LogP contribution < -0.4 is 10.2 Å². The van der Waals surface area contributed by atoms with Crippen LogP contribution in [0.25, 0.3) is 0 Å². The predicted molar refractivity (Wildman–Crippen MR) is 113 cm³/mol. The van der Waals surface area contributed by atoms with E-state index in [2.05, 4.69) is 5.32 Å². The Labute approximate surface area is 174 Å². The van der Waals surface area contributed by atoms with Crippen molar-refractivity contribution in [3.8, 4) is 0 Å². The lowest BCUT2D eigenvalue weighted by atomic mass is 9.85. The molecule has 1 aliphatic heterocycles. The average Bonchev–Trinajstić information content (AvgIpc) is 2.82. The van der Waals surface area contributed by atoms with Crippen molar-refractivity contribution < 1.29 is 9.59 Å². The van der Waals surface area contributed by atoms with E-state index in [4.69, 9.17) is 23.2 Å². The Morgan fingerprint density at radius 2 is 1.96 bits per heavy atom. The van der Waals surface area contributed by atoms with Crippen molar-refractivity contribution in [3.63, 3.8) is 0 Å². The Balaban J connectivity index is 2.03. The highest BCUT2D eigenvalue weighted by atomic mass is 35.5. The second-order valence-corrected chi connectivity index (χ2v) is 7.84. The van der Waals surface area contributed by atoms with E-state index in [1.807, 2.05) is 37.3 Å². The molecule has 2 aromatic rings. The Hall–Kier alpha value is -2.30. The van der Waals surface area contributed by atoms with Gasteiger partial charge in [0.2, 0.25) is 5.91 Å². The predicted octanol–water partition coefficient (Wildman–Crippen LogP) is 5.91. The van der Waals surface area contributed by atoms with Crippen LogP contribution in [0, 0.1) is 0 Å². The number of Topliss-reactive ketones (excluding diaryl/α,β-unsaturated/α-hetero) is 1. The van der Waals surface area contributed by atoms with Crippen LogP contribution in [0.15, 0.2) is 53.7 Å². The third kappa shape index (κ3) is 3.21. The van der Waals surface area contributed by atoms with Gasteiger partial charge in [-0.05, 0) is 42.7 Å². The SMILES string of the molecule is CCC(=O)N1c2ccccc2NC2=C(C(=O)CCC2)C1c1ccc(Cl)cc1Cl. The fraction of sp³-hybridized carbons (Fsp3) is 0.273. The first-order chi connectivity index (χ1) is 13.5. The average molecular weight is 415 g/mol. The molecule has 0 radical (unpaired) electrons. The number of allylic oxidation sites excluding steroid dienone is 1. The van der Waals surface area contributed by atoms with E-state index in [9.17, 15) is 9.59 Å². The molecule has 0 aromatic heterocycles. The number of hydrogen-bond acceptors (Lipinski definition) is 3. The highest BCUT2D eigenvalue weighted by Gasteiger charge is 2.39. The highest BCUT2D eigenvalue weighted by Crippen LogP contribution is 2.46. The summed E-state index contributed by atoms with van der Waals surface area (Å²) in [6, 6.07) is 12.3. The van der Waals surface area contributed by atoms with E-state index in [1.54, 1.807) is 17.0 Å². The molecular weight excluding hydrogens is 395 g/mol. The molecule has 2 aromatic carbocycles. The lowest BCUT2D eigenvalue weighted by molar-refractivity contribution is -0.118. The molecule has 1 atom stereocenters. The maximum atomic E-state index is 13.1. The van der Waals surface area contributed by atoms with Crippen LogP contribution >= 0.6 is 23.2 Å². The Morgan fingerprint density at radius 1 is 1.18 bits per heavy atom. The molecule has 2 aliphatic rings. The van der Waals surface area contributed by atoms with E-state index in [1.165, 1.54) is 0 Å². The smallest absolute Gasteiger partial charge is 0.227 e. The number of rotatable bonds is 2. The second kappa shape index (κ2) is 7.61. The summed E-state index contributed by atoms with van der Waals surface area (Å²) in [5.41, 5.74) is 3.75. The molecule has 0 spiro atoms. The van der Waals surface area contributed by atoms with Gasteiger partial charge in [0.25, 0.3) is 0 Å². The Bertz CT molecular complexity index is 1000. The first-order valence-corrected chi connectivity index (χ1v) is 10.2. The van der Waals surface area contributed by atoms with E-state index < -0.39 is 6.04 Å². The normalized spacial score (nSPS) is 18.9. The molecule has 4 nitrogen and oxygen atoms in total. The van der Waals surface area contributed by atoms with Crippen molar-refractivity contribution in [2.24, 2.45) is 0 Å². The van der Waals surface area contributed by atoms with Crippen LogP contribution in [-0.4, -0.2) is 11.7 Å². The summed E-state index contributed by atoms with van der Waals surface area (Å²) >= 11 is 12.7. The molecule has 0 saturated heterocycles. The van der Waals surface area contributed by atoms with E-state index >= 15 is 0 Å². The van der Waals surface area contributed by atoms with Crippen LogP contribution in [0.3, 0.4) is 0 Å². The summed E-state index contributed by atoms with van der Waals surface area (Å²) in [6.45, 7) is 1.82. The van der Waals surface area contributed by atoms with Gasteiger partial charge < -0.3 is 5.32 Å². The van der Waals surface area contributed by atoms with Gasteiger partial charge in [-0.3, -0.25) is 14.5 Å². The summed E-state index contributed by atoms with van der Waals surface area (Å²) in [4.78, 5) is 27.9. The molecule has 1 heterocycles. The fourth-order valence-corrected chi connectivity index (χ4v) is 4.51. The van der Waals surface area contributed by atoms with Crippen LogP contribution in [0.1, 0.15) is 44.2 Å². The number of nitrogens with one attached hydrogen (secondary N) is 1. The van der Waals surface area contributed by atoms with Gasteiger partial charge >= 0.3 is 0 Å². The summed E-state index contributed by atoms with van der Waals surface area (Å²) < 4.78 is 0. The van der Waals surface area contributed by atoms with Crippen molar-refractivity contribution in [1.82, 2.24) is 0 Å². The van der Waals surface area contributed by atoms with Gasteiger partial charge in [-0.15, -0.1) is 0 Å². The molecule has 4 rings (SSSR count). The van der Waals surface area contributed by atoms with Crippen LogP contribution in [-0.2, 0) is 9.59 Å². The molecule has 0 bridgehead atoms. The van der Waals surface area contributed by atoms with Gasteiger partial charge in [-0.2, -0.15) is 0 Å². The van der Waals surface area contributed by atoms with Crippen LogP contribution in [0.2, 0.25) is 10.0 Å². The van der Waals surface area contributed by atoms with E-state index in [-0.39, 0.29) is 11.7 Å². The molecular formula is C22H20Cl2N2O2. The highest BCUT2D eigenvalue weighted by molar-refractivity contribution is 6.35. The zero-order valence-corrected chi connectivity index (χ0v) is 17.0. The molecule has 1 N–H and O–H groups in total. The van der Waals surface area contributed by atoms with Gasteiger partial charge in [-0.25, -0.2) is 0 Å². The second-order valence-electron chi connectivity index (χ2n) is 7.00. The quantitative estimate of drug-likeness (QED) is 0.664. The number of carbonyl (C=O) groups excluding carboxylic acids is 2. The first kappa shape index (κ1) is 19.0. The maximum Gasteiger partial charge on any atom is 0.227 e. The van der Waals surface area contributed by atoms with Crippen molar-refractivity contribution >= 4 is 46.3 Å². The molecule has 1 unspecified atom stereocenters. The number of amides is 1. The van der Waals surface area contributed by atoms with Crippen LogP contribution in [0.5, 0.6) is 0 Å². The van der Waals surface area contributed by atoms with E-state index in [0.29, 0.717) is 34.0 Å². The van der Waals surface area contributed by atoms with E-state index in [0.717, 1.165) is 29.9 Å². The third-order valence-corrected chi connectivity index (χ3v) is 5.83. The number of benzene rings is 2. The van der Waals surface area contributed by atoms with Crippen LogP contribution in [0.4, 0.5) is 11.4 Å². The summed E-state index contributed by atoms with van der Waals surface area (Å²) in [5.74, 6) is -0.0242. The lowest BCUT2D eigenvalue weighted by Crippen LogP contribution is -2.37. The van der Waals surface area contributed by atoms with Gasteiger partial charge in [0.15, 0.2) is 5.78 Å². The Morgan fingerprint density at radius 3 is 2.71 bits per heavy atom. The van der Waals surface area contributed by atoms with Gasteiger partial charge in [0.1, 0.15) is 0 Å². The van der Waals surface area contributed by atoms with Gasteiger partial charge in [0, 0.05) is 34.2 Å². The molecule has 28 heavy (non-hydrogen) atoms. The molecule has 1 aliphatic carbocycles. The minimum absolute atomic E-state index is 0.0477. The number of fused-ring (bicyclic) bond motifs is 1. The minimum atomic E-state index is -0.587. The third-order valence-electron chi connectivity index (χ3n) is 5.27. The number of anilines is 2. The Kier molecular flexibility index (Phi) is 5.17.